The predicted octanol–water partition coefficient (Wildman–Crippen LogP) is 0.330. The van der Waals surface area contributed by atoms with E-state index in [-0.39, 0.29) is 30.8 Å². The highest BCUT2D eigenvalue weighted by atomic mass is 35.5. The molecule has 1 aliphatic heterocycles. The molecule has 2 N–H and O–H groups in total. The zero-order valence-electron chi connectivity index (χ0n) is 13.4. The third-order valence-electron chi connectivity index (χ3n) is 3.83. The van der Waals surface area contributed by atoms with Crippen molar-refractivity contribution in [2.45, 2.75) is 45.2 Å². The molecule has 7 nitrogen and oxygen atoms in total. The summed E-state index contributed by atoms with van der Waals surface area (Å²) in [4.78, 5) is 38.1. The summed E-state index contributed by atoms with van der Waals surface area (Å²) < 4.78 is 0. The van der Waals surface area contributed by atoms with Crippen LogP contribution in [0, 0.1) is 0 Å². The number of carboxylic acids is 1. The summed E-state index contributed by atoms with van der Waals surface area (Å²) in [7, 11) is 1.56. The lowest BCUT2D eigenvalue weighted by Gasteiger charge is -2.29. The fourth-order valence-corrected chi connectivity index (χ4v) is 2.29. The highest BCUT2D eigenvalue weighted by molar-refractivity contribution is 5.88. The van der Waals surface area contributed by atoms with Crippen LogP contribution < -0.4 is 5.32 Å². The van der Waals surface area contributed by atoms with Gasteiger partial charge in [-0.25, -0.2) is 0 Å². The van der Waals surface area contributed by atoms with Crippen molar-refractivity contribution in [3.05, 3.63) is 0 Å². The Morgan fingerprint density at radius 2 is 1.73 bits per heavy atom. The van der Waals surface area contributed by atoms with Gasteiger partial charge in [0.25, 0.3) is 0 Å². The van der Waals surface area contributed by atoms with E-state index >= 15 is 0 Å². The van der Waals surface area contributed by atoms with Crippen LogP contribution in [-0.2, 0) is 14.4 Å². The van der Waals surface area contributed by atoms with Crippen LogP contribution >= 0.6 is 12.4 Å². The molecule has 2 amide bonds. The number of amides is 2. The Hall–Kier alpha value is -1.34. The zero-order valence-corrected chi connectivity index (χ0v) is 14.2. The van der Waals surface area contributed by atoms with Crippen LogP contribution in [0.2, 0.25) is 0 Å². The van der Waals surface area contributed by atoms with Crippen molar-refractivity contribution in [1.29, 1.82) is 0 Å². The average molecular weight is 336 g/mol. The van der Waals surface area contributed by atoms with Crippen LogP contribution in [0.1, 0.15) is 33.1 Å². The minimum Gasteiger partial charge on any atom is -0.480 e. The van der Waals surface area contributed by atoms with E-state index in [2.05, 4.69) is 5.32 Å². The number of nitrogens with zero attached hydrogens (tertiary/aromatic N) is 2. The largest absolute Gasteiger partial charge is 0.480 e. The molecule has 1 heterocycles. The predicted molar refractivity (Wildman–Crippen MR) is 85.0 cm³/mol. The zero-order chi connectivity index (χ0) is 16.0. The number of likely N-dealkylation sites (tertiary alicyclic amines) is 1. The number of piperidine rings is 1. The maximum absolute atomic E-state index is 12.2. The van der Waals surface area contributed by atoms with Gasteiger partial charge >= 0.3 is 5.97 Å². The van der Waals surface area contributed by atoms with Crippen molar-refractivity contribution in [2.75, 3.05) is 26.7 Å². The van der Waals surface area contributed by atoms with E-state index in [1.165, 1.54) is 11.8 Å². The summed E-state index contributed by atoms with van der Waals surface area (Å²) in [5.74, 6) is -1.40. The van der Waals surface area contributed by atoms with Crippen molar-refractivity contribution < 1.29 is 19.5 Å². The molecule has 0 aromatic rings. The molecule has 0 aromatic carbocycles. The normalized spacial score (nSPS) is 17.4. The lowest BCUT2D eigenvalue weighted by atomic mass is 10.1. The van der Waals surface area contributed by atoms with Gasteiger partial charge in [-0.15, -0.1) is 12.4 Å². The molecule has 0 aliphatic carbocycles. The summed E-state index contributed by atoms with van der Waals surface area (Å²) in [5.41, 5.74) is 0. The van der Waals surface area contributed by atoms with Gasteiger partial charge in [0, 0.05) is 13.1 Å². The summed E-state index contributed by atoms with van der Waals surface area (Å²) >= 11 is 0. The standard InChI is InChI=1S/C14H25N3O4.ClH/c1-10(13(19)17-7-5-4-6-8-17)15-12(18)9-16(3)11(2)14(20)21;/h10-11H,4-9H2,1-3H3,(H,15,18)(H,20,21);1H. The summed E-state index contributed by atoms with van der Waals surface area (Å²) in [5, 5.41) is 11.5. The van der Waals surface area contributed by atoms with Crippen molar-refractivity contribution >= 4 is 30.2 Å². The summed E-state index contributed by atoms with van der Waals surface area (Å²) in [6.45, 7) is 4.61. The Bertz CT molecular complexity index is 400. The quantitative estimate of drug-likeness (QED) is 0.730. The lowest BCUT2D eigenvalue weighted by Crippen LogP contribution is -2.51. The first-order valence-corrected chi connectivity index (χ1v) is 7.34. The minimum absolute atomic E-state index is 0. The molecule has 22 heavy (non-hydrogen) atoms. The third kappa shape index (κ3) is 6.19. The maximum atomic E-state index is 12.2. The number of likely N-dealkylation sites (N-methyl/N-ethyl adjacent to an activating group) is 1. The first-order valence-electron chi connectivity index (χ1n) is 7.34. The highest BCUT2D eigenvalue weighted by Gasteiger charge is 2.25. The number of carboxylic acid groups (broad SMARTS) is 1. The number of aliphatic carboxylic acids is 1. The average Bonchev–Trinajstić information content (AvgIpc) is 2.46. The molecule has 2 unspecified atom stereocenters. The molecule has 1 fully saturated rings. The Morgan fingerprint density at radius 3 is 2.23 bits per heavy atom. The second kappa shape index (κ2) is 9.63. The second-order valence-electron chi connectivity index (χ2n) is 5.60. The molecule has 1 aliphatic rings. The number of halogens is 1. The van der Waals surface area contributed by atoms with Gasteiger partial charge in [0.2, 0.25) is 11.8 Å². The number of nitrogens with one attached hydrogen (secondary N) is 1. The molecule has 0 aromatic heterocycles. The van der Waals surface area contributed by atoms with Crippen LogP contribution in [-0.4, -0.2) is 71.5 Å². The van der Waals surface area contributed by atoms with E-state index in [9.17, 15) is 14.4 Å². The van der Waals surface area contributed by atoms with Gasteiger partial charge in [-0.3, -0.25) is 19.3 Å². The minimum atomic E-state index is -0.984. The van der Waals surface area contributed by atoms with Crippen molar-refractivity contribution in [2.24, 2.45) is 0 Å². The summed E-state index contributed by atoms with van der Waals surface area (Å²) in [6.07, 6.45) is 3.15. The van der Waals surface area contributed by atoms with Gasteiger partial charge in [-0.2, -0.15) is 0 Å². The van der Waals surface area contributed by atoms with Gasteiger partial charge < -0.3 is 15.3 Å². The summed E-state index contributed by atoms with van der Waals surface area (Å²) in [6, 6.07) is -1.33. The van der Waals surface area contributed by atoms with Gasteiger partial charge in [0.15, 0.2) is 0 Å². The molecule has 128 valence electrons. The van der Waals surface area contributed by atoms with Gasteiger partial charge in [0.1, 0.15) is 12.1 Å². The van der Waals surface area contributed by atoms with Crippen LogP contribution in [0.15, 0.2) is 0 Å². The van der Waals surface area contributed by atoms with Gasteiger partial charge in [0.05, 0.1) is 6.54 Å². The fraction of sp³-hybridized carbons (Fsp3) is 0.786. The van der Waals surface area contributed by atoms with Crippen LogP contribution in [0.5, 0.6) is 0 Å². The molecule has 0 radical (unpaired) electrons. The Balaban J connectivity index is 0.00000441. The van der Waals surface area contributed by atoms with Gasteiger partial charge in [-0.05, 0) is 40.2 Å². The molecule has 0 saturated carbocycles. The molecular weight excluding hydrogens is 310 g/mol. The molecule has 8 heteroatoms. The number of rotatable bonds is 6. The topological polar surface area (TPSA) is 90.0 Å². The van der Waals surface area contributed by atoms with Crippen molar-refractivity contribution in [3.8, 4) is 0 Å². The van der Waals surface area contributed by atoms with Gasteiger partial charge in [-0.1, -0.05) is 0 Å². The first kappa shape index (κ1) is 20.7. The van der Waals surface area contributed by atoms with E-state index in [0.717, 1.165) is 32.4 Å². The third-order valence-corrected chi connectivity index (χ3v) is 3.83. The highest BCUT2D eigenvalue weighted by Crippen LogP contribution is 2.09. The van der Waals surface area contributed by atoms with Crippen LogP contribution in [0.4, 0.5) is 0 Å². The molecular formula is C14H26ClN3O4. The van der Waals surface area contributed by atoms with Crippen LogP contribution in [0.3, 0.4) is 0 Å². The molecule has 1 saturated heterocycles. The van der Waals surface area contributed by atoms with E-state index in [0.29, 0.717) is 0 Å². The number of carbonyl (C=O) groups is 3. The Morgan fingerprint density at radius 1 is 1.18 bits per heavy atom. The molecule has 1 rings (SSSR count). The SMILES string of the molecule is CC(NC(=O)CN(C)C(C)C(=O)O)C(=O)N1CCCCC1.Cl. The first-order chi connectivity index (χ1) is 9.82. The second-order valence-corrected chi connectivity index (χ2v) is 5.60. The fourth-order valence-electron chi connectivity index (χ4n) is 2.29. The van der Waals surface area contributed by atoms with E-state index in [1.54, 1.807) is 18.9 Å². The monoisotopic (exact) mass is 335 g/mol. The Kier molecular flexibility index (Phi) is 9.04. The lowest BCUT2D eigenvalue weighted by molar-refractivity contribution is -0.143. The maximum Gasteiger partial charge on any atom is 0.320 e. The van der Waals surface area contributed by atoms with Crippen molar-refractivity contribution in [3.63, 3.8) is 0 Å². The number of carbonyl (C=O) groups excluding carboxylic acids is 2. The van der Waals surface area contributed by atoms with E-state index < -0.39 is 18.1 Å². The van der Waals surface area contributed by atoms with Crippen molar-refractivity contribution in [1.82, 2.24) is 15.1 Å². The Labute approximate surface area is 137 Å². The van der Waals surface area contributed by atoms with E-state index in [1.807, 2.05) is 0 Å². The molecule has 0 bridgehead atoms. The smallest absolute Gasteiger partial charge is 0.320 e. The van der Waals surface area contributed by atoms with E-state index in [4.69, 9.17) is 5.11 Å². The number of hydrogen-bond acceptors (Lipinski definition) is 4. The number of hydrogen-bond donors (Lipinski definition) is 2. The molecule has 0 spiro atoms. The van der Waals surface area contributed by atoms with Crippen LogP contribution in [0.25, 0.3) is 0 Å². The molecule has 2 atom stereocenters.